The van der Waals surface area contributed by atoms with Crippen LogP contribution in [0.2, 0.25) is 5.02 Å². The van der Waals surface area contributed by atoms with Crippen molar-refractivity contribution in [3.05, 3.63) is 83.3 Å². The first kappa shape index (κ1) is 23.8. The smallest absolute Gasteiger partial charge is 0.303 e. The lowest BCUT2D eigenvalue weighted by Gasteiger charge is -2.18. The first-order chi connectivity index (χ1) is 16.2. The zero-order chi connectivity index (χ0) is 24.5. The number of carboxylic acids is 1. The maximum Gasteiger partial charge on any atom is 0.303 e. The molecule has 0 aliphatic heterocycles. The molecule has 1 heterocycles. The Bertz CT molecular complexity index is 1480. The van der Waals surface area contributed by atoms with E-state index in [0.717, 1.165) is 10.0 Å². The molecule has 0 saturated carbocycles. The van der Waals surface area contributed by atoms with Crippen LogP contribution in [0.25, 0.3) is 22.0 Å². The molecule has 4 aromatic rings. The fraction of sp³-hybridized carbons (Fsp3) is 0.160. The maximum absolute atomic E-state index is 14.1. The van der Waals surface area contributed by atoms with E-state index in [1.807, 2.05) is 6.07 Å². The van der Waals surface area contributed by atoms with Gasteiger partial charge in [-0.15, -0.1) is 0 Å². The minimum atomic E-state index is -4.31. The molecule has 176 valence electrons. The van der Waals surface area contributed by atoms with E-state index < -0.39 is 21.8 Å². The highest BCUT2D eigenvalue weighted by Crippen LogP contribution is 2.42. The van der Waals surface area contributed by atoms with Crippen LogP contribution in [0.15, 0.2) is 71.8 Å². The summed E-state index contributed by atoms with van der Waals surface area (Å²) >= 11 is 6.38. The second-order valence-electron chi connectivity index (χ2n) is 7.56. The summed E-state index contributed by atoms with van der Waals surface area (Å²) in [6, 6.07) is 15.9. The summed E-state index contributed by atoms with van der Waals surface area (Å²) in [6.07, 6.45) is 1.15. The topological polar surface area (TPSA) is 85.6 Å². The molecule has 0 amide bonds. The summed E-state index contributed by atoms with van der Waals surface area (Å²) < 4.78 is 49.0. The van der Waals surface area contributed by atoms with Crippen molar-refractivity contribution in [3.63, 3.8) is 0 Å². The molecule has 1 N–H and O–H groups in total. The van der Waals surface area contributed by atoms with Crippen LogP contribution in [0.1, 0.15) is 18.9 Å². The van der Waals surface area contributed by atoms with Gasteiger partial charge in [-0.2, -0.15) is 0 Å². The lowest BCUT2D eigenvalue weighted by molar-refractivity contribution is -0.136. The van der Waals surface area contributed by atoms with Crippen LogP contribution in [0.5, 0.6) is 5.75 Å². The van der Waals surface area contributed by atoms with E-state index in [1.165, 1.54) is 18.3 Å². The lowest BCUT2D eigenvalue weighted by Crippen LogP contribution is -2.15. The minimum absolute atomic E-state index is 0.0153. The number of aryl methyl sites for hydroxylation is 1. The van der Waals surface area contributed by atoms with Crippen molar-refractivity contribution >= 4 is 38.5 Å². The van der Waals surface area contributed by atoms with E-state index in [0.29, 0.717) is 22.1 Å². The van der Waals surface area contributed by atoms with Gasteiger partial charge in [-0.25, -0.2) is 16.8 Å². The molecule has 0 aliphatic carbocycles. The number of halogens is 2. The number of hydrogen-bond acceptors (Lipinski definition) is 4. The molecular weight excluding hydrogens is 481 g/mol. The number of aliphatic carboxylic acids is 1. The van der Waals surface area contributed by atoms with Gasteiger partial charge < -0.3 is 9.84 Å². The number of benzene rings is 3. The van der Waals surface area contributed by atoms with Gasteiger partial charge in [0.1, 0.15) is 10.7 Å². The first-order valence-corrected chi connectivity index (χ1v) is 12.3. The van der Waals surface area contributed by atoms with E-state index >= 15 is 0 Å². The molecule has 0 fully saturated rings. The molecule has 34 heavy (non-hydrogen) atoms. The van der Waals surface area contributed by atoms with Gasteiger partial charge >= 0.3 is 5.97 Å². The fourth-order valence-electron chi connectivity index (χ4n) is 3.89. The fourth-order valence-corrected chi connectivity index (χ4v) is 5.91. The van der Waals surface area contributed by atoms with E-state index in [1.54, 1.807) is 43.3 Å². The molecular formula is C25H21ClFNO5S. The van der Waals surface area contributed by atoms with Crippen LogP contribution in [0.3, 0.4) is 0 Å². The number of carboxylic acid groups (broad SMARTS) is 1. The van der Waals surface area contributed by atoms with Crippen LogP contribution < -0.4 is 4.74 Å². The molecule has 0 radical (unpaired) electrons. The van der Waals surface area contributed by atoms with Crippen molar-refractivity contribution in [1.82, 2.24) is 3.97 Å². The van der Waals surface area contributed by atoms with Crippen LogP contribution in [0.4, 0.5) is 4.39 Å². The van der Waals surface area contributed by atoms with E-state index in [9.17, 15) is 17.6 Å². The Balaban J connectivity index is 2.02. The number of fused-ring (bicyclic) bond motifs is 1. The Morgan fingerprint density at radius 3 is 2.53 bits per heavy atom. The van der Waals surface area contributed by atoms with Crippen LogP contribution in [-0.4, -0.2) is 30.1 Å². The van der Waals surface area contributed by atoms with Gasteiger partial charge in [0.15, 0.2) is 5.75 Å². The number of carbonyl (C=O) groups is 1. The standard InChI is InChI=1S/C25H21ClFNO5S/c1-2-33-24-21(26)11-10-19(16-6-4-3-5-7-16)25(24)34(31,32)28-15-17(8-13-23(29)30)20-14-18(27)9-12-22(20)28/h3-7,9-12,14-15H,2,8,13H2,1H3,(H,29,30). The summed E-state index contributed by atoms with van der Waals surface area (Å²) in [5.74, 6) is -1.58. The van der Waals surface area contributed by atoms with Crippen molar-refractivity contribution in [2.24, 2.45) is 0 Å². The van der Waals surface area contributed by atoms with Crippen LogP contribution in [0, 0.1) is 5.82 Å². The molecule has 0 unspecified atom stereocenters. The molecule has 9 heteroatoms. The zero-order valence-corrected chi connectivity index (χ0v) is 19.7. The Hall–Kier alpha value is -3.36. The molecule has 0 saturated heterocycles. The van der Waals surface area contributed by atoms with Gasteiger partial charge in [0.2, 0.25) is 0 Å². The third kappa shape index (κ3) is 4.38. The monoisotopic (exact) mass is 501 g/mol. The largest absolute Gasteiger partial charge is 0.491 e. The molecule has 0 aliphatic rings. The second-order valence-corrected chi connectivity index (χ2v) is 9.72. The number of aromatic nitrogens is 1. The van der Waals surface area contributed by atoms with E-state index in [4.69, 9.17) is 21.4 Å². The maximum atomic E-state index is 14.1. The van der Waals surface area contributed by atoms with Crippen molar-refractivity contribution in [1.29, 1.82) is 0 Å². The highest BCUT2D eigenvalue weighted by atomic mass is 35.5. The summed E-state index contributed by atoms with van der Waals surface area (Å²) in [4.78, 5) is 11.0. The van der Waals surface area contributed by atoms with Gasteiger partial charge in [-0.1, -0.05) is 48.0 Å². The van der Waals surface area contributed by atoms with Gasteiger partial charge in [0.05, 0.1) is 17.1 Å². The molecule has 6 nitrogen and oxygen atoms in total. The normalized spacial score (nSPS) is 11.6. The molecule has 0 bridgehead atoms. The third-order valence-corrected chi connectivity index (χ3v) is 7.42. The average molecular weight is 502 g/mol. The lowest BCUT2D eigenvalue weighted by atomic mass is 10.1. The van der Waals surface area contributed by atoms with Crippen molar-refractivity contribution in [2.45, 2.75) is 24.7 Å². The van der Waals surface area contributed by atoms with Gasteiger partial charge in [0.25, 0.3) is 10.0 Å². The van der Waals surface area contributed by atoms with Gasteiger partial charge in [-0.05, 0) is 48.7 Å². The SMILES string of the molecule is CCOc1c(Cl)ccc(-c2ccccc2)c1S(=O)(=O)n1cc(CCC(=O)O)c2cc(F)ccc21. The summed E-state index contributed by atoms with van der Waals surface area (Å²) in [6.45, 7) is 1.90. The van der Waals surface area contributed by atoms with Gasteiger partial charge in [0, 0.05) is 23.6 Å². The Morgan fingerprint density at radius 2 is 1.85 bits per heavy atom. The average Bonchev–Trinajstić information content (AvgIpc) is 3.18. The summed E-state index contributed by atoms with van der Waals surface area (Å²) in [5.41, 5.74) is 1.67. The van der Waals surface area contributed by atoms with E-state index in [2.05, 4.69) is 0 Å². The summed E-state index contributed by atoms with van der Waals surface area (Å²) in [5, 5.41) is 9.56. The number of nitrogens with zero attached hydrogens (tertiary/aromatic N) is 1. The third-order valence-electron chi connectivity index (χ3n) is 5.38. The van der Waals surface area contributed by atoms with Crippen LogP contribution in [-0.2, 0) is 21.2 Å². The zero-order valence-electron chi connectivity index (χ0n) is 18.2. The molecule has 0 spiro atoms. The molecule has 3 aromatic carbocycles. The second kappa shape index (κ2) is 9.48. The quantitative estimate of drug-likeness (QED) is 0.332. The van der Waals surface area contributed by atoms with E-state index in [-0.39, 0.29) is 40.6 Å². The van der Waals surface area contributed by atoms with Crippen LogP contribution >= 0.6 is 11.6 Å². The molecule has 4 rings (SSSR count). The predicted octanol–water partition coefficient (Wildman–Crippen LogP) is 5.75. The van der Waals surface area contributed by atoms with Crippen molar-refractivity contribution in [3.8, 4) is 16.9 Å². The Labute approximate surface area is 201 Å². The van der Waals surface area contributed by atoms with Crippen molar-refractivity contribution < 1.29 is 27.4 Å². The number of hydrogen-bond donors (Lipinski definition) is 1. The predicted molar refractivity (Wildman–Crippen MR) is 128 cm³/mol. The number of rotatable bonds is 8. The number of ether oxygens (including phenoxy) is 1. The first-order valence-electron chi connectivity index (χ1n) is 10.5. The summed E-state index contributed by atoms with van der Waals surface area (Å²) in [7, 11) is -4.31. The molecule has 0 atom stereocenters. The van der Waals surface area contributed by atoms with Gasteiger partial charge in [-0.3, -0.25) is 4.79 Å². The Morgan fingerprint density at radius 1 is 1.12 bits per heavy atom. The van der Waals surface area contributed by atoms with Crippen molar-refractivity contribution in [2.75, 3.05) is 6.61 Å². The minimum Gasteiger partial charge on any atom is -0.491 e. The highest BCUT2D eigenvalue weighted by molar-refractivity contribution is 7.90. The molecule has 1 aromatic heterocycles. The Kier molecular flexibility index (Phi) is 6.63. The highest BCUT2D eigenvalue weighted by Gasteiger charge is 2.30.